The fourth-order valence-electron chi connectivity index (χ4n) is 2.43. The van der Waals surface area contributed by atoms with Crippen molar-refractivity contribution in [2.75, 3.05) is 5.32 Å². The lowest BCUT2D eigenvalue weighted by molar-refractivity contribution is 0.724. The summed E-state index contributed by atoms with van der Waals surface area (Å²) in [5.74, 6) is 1.07. The van der Waals surface area contributed by atoms with Crippen LogP contribution in [-0.2, 0) is 20.6 Å². The van der Waals surface area contributed by atoms with Crippen LogP contribution in [0, 0.1) is 0 Å². The Labute approximate surface area is 136 Å². The maximum atomic E-state index is 4.61. The lowest BCUT2D eigenvalue weighted by Crippen LogP contribution is -2.04. The summed E-state index contributed by atoms with van der Waals surface area (Å²) in [5, 5.41) is 13.4. The van der Waals surface area contributed by atoms with E-state index in [-0.39, 0.29) is 0 Å². The molecule has 3 aromatic heterocycles. The van der Waals surface area contributed by atoms with Crippen molar-refractivity contribution >= 4 is 32.7 Å². The summed E-state index contributed by atoms with van der Waals surface area (Å²) < 4.78 is 4.29. The smallest absolute Gasteiger partial charge is 0.169 e. The Bertz CT molecular complexity index is 818. The minimum atomic E-state index is 0.320. The average Bonchev–Trinajstić information content (AvgIpc) is 3.01. The van der Waals surface area contributed by atoms with Crippen molar-refractivity contribution < 1.29 is 0 Å². The highest BCUT2D eigenvalue weighted by atomic mass is 79.9. The first-order valence-electron chi connectivity index (χ1n) is 7.07. The molecule has 0 atom stereocenters. The van der Waals surface area contributed by atoms with Gasteiger partial charge < -0.3 is 5.32 Å². The van der Waals surface area contributed by atoms with Crippen LogP contribution in [0.3, 0.4) is 0 Å². The van der Waals surface area contributed by atoms with E-state index in [0.717, 1.165) is 32.8 Å². The Morgan fingerprint density at radius 3 is 2.68 bits per heavy atom. The number of nitrogens with one attached hydrogen (secondary N) is 1. The number of fused-ring (bicyclic) bond motifs is 1. The van der Waals surface area contributed by atoms with Gasteiger partial charge in [0.05, 0.1) is 23.3 Å². The largest absolute Gasteiger partial charge is 0.377 e. The number of anilines is 1. The molecule has 0 spiro atoms. The molecule has 7 nitrogen and oxygen atoms in total. The molecular formula is C14H18BrN7. The van der Waals surface area contributed by atoms with Gasteiger partial charge in [-0.15, -0.1) is 0 Å². The van der Waals surface area contributed by atoms with Crippen molar-refractivity contribution in [3.63, 3.8) is 0 Å². The van der Waals surface area contributed by atoms with Gasteiger partial charge in [-0.1, -0.05) is 13.8 Å². The van der Waals surface area contributed by atoms with Gasteiger partial charge in [0.2, 0.25) is 0 Å². The minimum absolute atomic E-state index is 0.320. The van der Waals surface area contributed by atoms with Crippen molar-refractivity contribution in [2.24, 2.45) is 14.1 Å². The predicted molar refractivity (Wildman–Crippen MR) is 88.6 cm³/mol. The van der Waals surface area contributed by atoms with Crippen molar-refractivity contribution in [1.29, 1.82) is 0 Å². The summed E-state index contributed by atoms with van der Waals surface area (Å²) >= 11 is 3.47. The molecule has 0 saturated carbocycles. The molecule has 0 saturated heterocycles. The lowest BCUT2D eigenvalue weighted by Gasteiger charge is -2.09. The molecule has 116 valence electrons. The van der Waals surface area contributed by atoms with Crippen LogP contribution in [0.1, 0.15) is 31.3 Å². The molecule has 8 heteroatoms. The summed E-state index contributed by atoms with van der Waals surface area (Å²) in [5.41, 5.74) is 2.88. The number of rotatable bonds is 4. The molecule has 0 bridgehead atoms. The highest BCUT2D eigenvalue weighted by Crippen LogP contribution is 2.32. The number of aryl methyl sites for hydroxylation is 2. The van der Waals surface area contributed by atoms with Gasteiger partial charge in [0, 0.05) is 14.1 Å². The summed E-state index contributed by atoms with van der Waals surface area (Å²) in [6.07, 6.45) is 1.69. The summed E-state index contributed by atoms with van der Waals surface area (Å²) in [6.45, 7) is 4.82. The SMILES string of the molecule is CC(C)c1nn(C)c2nc(Br)cc(NCc3ncn(C)n3)c12. The highest BCUT2D eigenvalue weighted by molar-refractivity contribution is 9.10. The van der Waals surface area contributed by atoms with Gasteiger partial charge >= 0.3 is 0 Å². The maximum absolute atomic E-state index is 4.61. The molecule has 0 unspecified atom stereocenters. The summed E-state index contributed by atoms with van der Waals surface area (Å²) in [6, 6.07) is 1.97. The molecule has 0 aliphatic heterocycles. The van der Waals surface area contributed by atoms with Crippen LogP contribution >= 0.6 is 15.9 Å². The quantitative estimate of drug-likeness (QED) is 0.721. The Balaban J connectivity index is 2.03. The van der Waals surface area contributed by atoms with Crippen molar-refractivity contribution in [2.45, 2.75) is 26.3 Å². The summed E-state index contributed by atoms with van der Waals surface area (Å²) in [7, 11) is 3.77. The highest BCUT2D eigenvalue weighted by Gasteiger charge is 2.17. The van der Waals surface area contributed by atoms with Crippen molar-refractivity contribution in [3.8, 4) is 0 Å². The Kier molecular flexibility index (Phi) is 3.86. The fraction of sp³-hybridized carbons (Fsp3) is 0.429. The van der Waals surface area contributed by atoms with Crippen LogP contribution in [0.25, 0.3) is 11.0 Å². The van der Waals surface area contributed by atoms with Crippen LogP contribution in [0.15, 0.2) is 17.0 Å². The third kappa shape index (κ3) is 2.70. The molecule has 0 amide bonds. The lowest BCUT2D eigenvalue weighted by atomic mass is 10.1. The Morgan fingerprint density at radius 1 is 1.27 bits per heavy atom. The maximum Gasteiger partial charge on any atom is 0.169 e. The molecule has 0 radical (unpaired) electrons. The van der Waals surface area contributed by atoms with Gasteiger partial charge in [0.25, 0.3) is 0 Å². The van der Waals surface area contributed by atoms with E-state index < -0.39 is 0 Å². The van der Waals surface area contributed by atoms with E-state index in [4.69, 9.17) is 0 Å². The minimum Gasteiger partial charge on any atom is -0.377 e. The zero-order valence-electron chi connectivity index (χ0n) is 13.0. The van der Waals surface area contributed by atoms with Crippen LogP contribution in [0.5, 0.6) is 0 Å². The molecule has 1 N–H and O–H groups in total. The van der Waals surface area contributed by atoms with E-state index in [1.165, 1.54) is 0 Å². The predicted octanol–water partition coefficient (Wildman–Crippen LogP) is 2.59. The molecule has 0 aliphatic rings. The number of aromatic nitrogens is 6. The zero-order valence-corrected chi connectivity index (χ0v) is 14.6. The number of hydrogen-bond acceptors (Lipinski definition) is 5. The first-order valence-corrected chi connectivity index (χ1v) is 7.86. The van der Waals surface area contributed by atoms with Crippen LogP contribution < -0.4 is 5.32 Å². The number of pyridine rings is 1. The second-order valence-corrected chi connectivity index (χ2v) is 6.36. The molecule has 22 heavy (non-hydrogen) atoms. The van der Waals surface area contributed by atoms with Gasteiger partial charge in [-0.25, -0.2) is 9.97 Å². The molecule has 0 fully saturated rings. The van der Waals surface area contributed by atoms with Gasteiger partial charge in [-0.05, 0) is 27.9 Å². The van der Waals surface area contributed by atoms with Gasteiger partial charge in [0.15, 0.2) is 11.5 Å². The van der Waals surface area contributed by atoms with E-state index in [1.807, 2.05) is 24.8 Å². The normalized spacial score (nSPS) is 11.5. The average molecular weight is 364 g/mol. The van der Waals surface area contributed by atoms with E-state index in [0.29, 0.717) is 12.5 Å². The van der Waals surface area contributed by atoms with E-state index in [9.17, 15) is 0 Å². The number of halogens is 1. The second kappa shape index (κ2) is 5.68. The van der Waals surface area contributed by atoms with Crippen molar-refractivity contribution in [3.05, 3.63) is 28.5 Å². The van der Waals surface area contributed by atoms with Gasteiger partial charge in [0.1, 0.15) is 10.9 Å². The molecule has 3 rings (SSSR count). The molecule has 0 aromatic carbocycles. The molecular weight excluding hydrogens is 346 g/mol. The fourth-order valence-corrected chi connectivity index (χ4v) is 2.83. The zero-order chi connectivity index (χ0) is 15.9. The van der Waals surface area contributed by atoms with E-state index in [1.54, 1.807) is 11.0 Å². The first kappa shape index (κ1) is 15.0. The third-order valence-electron chi connectivity index (χ3n) is 3.42. The molecule has 3 heterocycles. The second-order valence-electron chi connectivity index (χ2n) is 5.54. The Hall–Kier alpha value is -1.96. The van der Waals surface area contributed by atoms with Crippen LogP contribution in [0.2, 0.25) is 0 Å². The number of hydrogen-bond donors (Lipinski definition) is 1. The van der Waals surface area contributed by atoms with Crippen LogP contribution in [0.4, 0.5) is 5.69 Å². The van der Waals surface area contributed by atoms with E-state index >= 15 is 0 Å². The summed E-state index contributed by atoms with van der Waals surface area (Å²) in [4.78, 5) is 8.78. The first-order chi connectivity index (χ1) is 10.5. The number of nitrogens with zero attached hydrogens (tertiary/aromatic N) is 6. The molecule has 3 aromatic rings. The van der Waals surface area contributed by atoms with Crippen molar-refractivity contribution in [1.82, 2.24) is 29.5 Å². The molecule has 0 aliphatic carbocycles. The van der Waals surface area contributed by atoms with E-state index in [2.05, 4.69) is 55.3 Å². The topological polar surface area (TPSA) is 73.5 Å². The van der Waals surface area contributed by atoms with Crippen LogP contribution in [-0.4, -0.2) is 29.5 Å². The van der Waals surface area contributed by atoms with Gasteiger partial charge in [-0.3, -0.25) is 9.36 Å². The third-order valence-corrected chi connectivity index (χ3v) is 3.83. The Morgan fingerprint density at radius 2 is 2.05 bits per heavy atom. The monoisotopic (exact) mass is 363 g/mol. The standard InChI is InChI=1S/C14H18BrN7/c1-8(2)13-12-9(16-6-11-17-7-21(3)19-11)5-10(15)18-14(12)22(4)20-13/h5,7-8H,6H2,1-4H3,(H,16,18). The van der Waals surface area contributed by atoms with Gasteiger partial charge in [-0.2, -0.15) is 10.2 Å².